The van der Waals surface area contributed by atoms with Gasteiger partial charge in [-0.2, -0.15) is 5.21 Å². The number of aliphatic imine (C=N–C) groups is 1. The molecule has 9 nitrogen and oxygen atoms in total. The van der Waals surface area contributed by atoms with E-state index >= 15 is 0 Å². The van der Waals surface area contributed by atoms with Crippen molar-refractivity contribution in [2.24, 2.45) is 4.99 Å². The van der Waals surface area contributed by atoms with Crippen molar-refractivity contribution >= 4 is 24.4 Å². The van der Waals surface area contributed by atoms with Gasteiger partial charge in [-0.05, 0) is 17.4 Å². The van der Waals surface area contributed by atoms with Crippen molar-refractivity contribution in [1.82, 2.24) is 30.6 Å². The van der Waals surface area contributed by atoms with Gasteiger partial charge in [-0.15, -0.1) is 5.10 Å². The van der Waals surface area contributed by atoms with Gasteiger partial charge in [-0.1, -0.05) is 5.10 Å². The van der Waals surface area contributed by atoms with Crippen molar-refractivity contribution in [3.8, 4) is 5.88 Å². The van der Waals surface area contributed by atoms with E-state index in [-0.39, 0.29) is 22.2 Å². The van der Waals surface area contributed by atoms with Crippen LogP contribution in [0.5, 0.6) is 5.88 Å². The third kappa shape index (κ3) is 2.00. The van der Waals surface area contributed by atoms with Gasteiger partial charge in [-0.25, -0.2) is 4.99 Å². The van der Waals surface area contributed by atoms with E-state index in [0.29, 0.717) is 0 Å². The summed E-state index contributed by atoms with van der Waals surface area (Å²) < 4.78 is 0.0270. The van der Waals surface area contributed by atoms with Gasteiger partial charge in [0.05, 0.1) is 0 Å². The molecular formula is C6H5N7O2S. The van der Waals surface area contributed by atoms with E-state index in [1.54, 1.807) is 0 Å². The number of aromatic hydroxyl groups is 1. The van der Waals surface area contributed by atoms with Crippen LogP contribution in [0.1, 0.15) is 5.56 Å². The molecule has 0 fully saturated rings. The largest absolute Gasteiger partial charge is 0.494 e. The van der Waals surface area contributed by atoms with E-state index in [0.717, 1.165) is 6.21 Å². The van der Waals surface area contributed by atoms with Crippen LogP contribution >= 0.6 is 12.2 Å². The summed E-state index contributed by atoms with van der Waals surface area (Å²) in [5.41, 5.74) is -0.633. The minimum Gasteiger partial charge on any atom is -0.494 e. The molecule has 0 bridgehead atoms. The van der Waals surface area contributed by atoms with Gasteiger partial charge in [0.25, 0.3) is 11.5 Å². The molecule has 0 radical (unpaired) electrons. The minimum absolute atomic E-state index is 0.0270. The highest BCUT2D eigenvalue weighted by molar-refractivity contribution is 7.71. The van der Waals surface area contributed by atoms with Gasteiger partial charge in [0.2, 0.25) is 5.88 Å². The molecule has 16 heavy (non-hydrogen) atoms. The first-order valence-corrected chi connectivity index (χ1v) is 4.41. The summed E-state index contributed by atoms with van der Waals surface area (Å²) in [4.78, 5) is 19.7. The maximum atomic E-state index is 11.4. The van der Waals surface area contributed by atoms with Crippen LogP contribution in [-0.2, 0) is 0 Å². The molecule has 4 N–H and O–H groups in total. The molecule has 2 heterocycles. The average molecular weight is 239 g/mol. The third-order valence-electron chi connectivity index (χ3n) is 1.60. The van der Waals surface area contributed by atoms with Gasteiger partial charge in [-0.3, -0.25) is 9.78 Å². The summed E-state index contributed by atoms with van der Waals surface area (Å²) in [7, 11) is 0. The zero-order valence-corrected chi connectivity index (χ0v) is 8.45. The van der Waals surface area contributed by atoms with Crippen molar-refractivity contribution in [3.05, 3.63) is 20.7 Å². The van der Waals surface area contributed by atoms with Crippen LogP contribution in [0.3, 0.4) is 0 Å². The molecule has 0 aliphatic heterocycles. The first kappa shape index (κ1) is 10.2. The molecule has 2 aromatic rings. The Bertz CT molecular complexity index is 625. The highest BCUT2D eigenvalue weighted by Gasteiger charge is 2.04. The Morgan fingerprint density at radius 2 is 2.25 bits per heavy atom. The lowest BCUT2D eigenvalue weighted by molar-refractivity contribution is 0.449. The SMILES string of the molecule is O=c1[nH]c(=S)[nH]c(O)c1C=Nc1nn[nH]n1. The summed E-state index contributed by atoms with van der Waals surface area (Å²) in [5.74, 6) is -0.331. The Hall–Kier alpha value is -2.36. The van der Waals surface area contributed by atoms with E-state index in [1.807, 2.05) is 0 Å². The number of H-pyrrole nitrogens is 3. The van der Waals surface area contributed by atoms with Gasteiger partial charge >= 0.3 is 0 Å². The van der Waals surface area contributed by atoms with Crippen LogP contribution in [0.25, 0.3) is 0 Å². The topological polar surface area (TPSA) is 136 Å². The van der Waals surface area contributed by atoms with Gasteiger partial charge in [0.15, 0.2) is 4.77 Å². The molecule has 0 atom stereocenters. The van der Waals surface area contributed by atoms with Gasteiger partial charge in [0, 0.05) is 6.21 Å². The van der Waals surface area contributed by atoms with Crippen LogP contribution in [0.4, 0.5) is 5.95 Å². The average Bonchev–Trinajstić information content (AvgIpc) is 2.68. The monoisotopic (exact) mass is 239 g/mol. The van der Waals surface area contributed by atoms with E-state index in [2.05, 4.69) is 47.8 Å². The lowest BCUT2D eigenvalue weighted by Gasteiger charge is -1.95. The molecule has 0 aliphatic rings. The first-order chi connectivity index (χ1) is 7.66. The highest BCUT2D eigenvalue weighted by atomic mass is 32.1. The summed E-state index contributed by atoms with van der Waals surface area (Å²) in [5, 5.41) is 21.9. The number of hydrogen-bond donors (Lipinski definition) is 4. The van der Waals surface area contributed by atoms with Gasteiger partial charge in [0.1, 0.15) is 5.56 Å². The molecule has 0 amide bonds. The third-order valence-corrected chi connectivity index (χ3v) is 1.81. The van der Waals surface area contributed by atoms with Crippen molar-refractivity contribution < 1.29 is 5.11 Å². The fraction of sp³-hybridized carbons (Fsp3) is 0. The normalized spacial score (nSPS) is 11.0. The summed E-state index contributed by atoms with van der Waals surface area (Å²) in [6.45, 7) is 0. The van der Waals surface area contributed by atoms with Crippen molar-refractivity contribution in [2.75, 3.05) is 0 Å². The Morgan fingerprint density at radius 1 is 1.44 bits per heavy atom. The fourth-order valence-electron chi connectivity index (χ4n) is 0.937. The van der Waals surface area contributed by atoms with E-state index < -0.39 is 5.56 Å². The summed E-state index contributed by atoms with van der Waals surface area (Å²) >= 11 is 4.66. The molecule has 82 valence electrons. The highest BCUT2D eigenvalue weighted by Crippen LogP contribution is 2.05. The van der Waals surface area contributed by atoms with Crippen LogP contribution in [0.2, 0.25) is 0 Å². The Morgan fingerprint density at radius 3 is 2.88 bits per heavy atom. The molecular weight excluding hydrogens is 234 g/mol. The number of hydrogen-bond acceptors (Lipinski definition) is 7. The second-order valence-corrected chi connectivity index (χ2v) is 3.05. The number of nitrogens with one attached hydrogen (secondary N) is 3. The smallest absolute Gasteiger partial charge is 0.288 e. The first-order valence-electron chi connectivity index (χ1n) is 4.00. The number of rotatable bonds is 2. The van der Waals surface area contributed by atoms with E-state index in [4.69, 9.17) is 0 Å². The molecule has 0 saturated heterocycles. The molecule has 0 spiro atoms. The second-order valence-electron chi connectivity index (χ2n) is 2.64. The van der Waals surface area contributed by atoms with E-state index in [9.17, 15) is 9.90 Å². The van der Waals surface area contributed by atoms with Crippen LogP contribution < -0.4 is 5.56 Å². The zero-order valence-electron chi connectivity index (χ0n) is 7.63. The number of aromatic nitrogens is 6. The lowest BCUT2D eigenvalue weighted by atomic mass is 10.3. The molecule has 10 heteroatoms. The van der Waals surface area contributed by atoms with Crippen molar-refractivity contribution in [2.45, 2.75) is 0 Å². The van der Waals surface area contributed by atoms with Gasteiger partial charge < -0.3 is 10.1 Å². The molecule has 0 aliphatic carbocycles. The van der Waals surface area contributed by atoms with Crippen molar-refractivity contribution in [3.63, 3.8) is 0 Å². The molecule has 0 aromatic carbocycles. The Kier molecular flexibility index (Phi) is 2.55. The van der Waals surface area contributed by atoms with Crippen LogP contribution in [0.15, 0.2) is 9.79 Å². The summed E-state index contributed by atoms with van der Waals surface area (Å²) in [6, 6.07) is 0. The zero-order chi connectivity index (χ0) is 11.5. The predicted octanol–water partition coefficient (Wildman–Crippen LogP) is -0.598. The Labute approximate surface area is 92.3 Å². The van der Waals surface area contributed by atoms with E-state index in [1.165, 1.54) is 0 Å². The molecule has 2 rings (SSSR count). The fourth-order valence-corrected chi connectivity index (χ4v) is 1.13. The molecule has 0 unspecified atom stereocenters. The van der Waals surface area contributed by atoms with Crippen molar-refractivity contribution in [1.29, 1.82) is 0 Å². The minimum atomic E-state index is -0.562. The molecule has 0 saturated carbocycles. The maximum absolute atomic E-state index is 11.4. The predicted molar refractivity (Wildman–Crippen MR) is 55.3 cm³/mol. The van der Waals surface area contributed by atoms with Crippen LogP contribution in [0, 0.1) is 4.77 Å². The molecule has 2 aromatic heterocycles. The number of aromatic amines is 3. The van der Waals surface area contributed by atoms with Crippen LogP contribution in [-0.4, -0.2) is 41.9 Å². The summed E-state index contributed by atoms with van der Waals surface area (Å²) in [6.07, 6.45) is 1.10. The number of tetrazole rings is 1. The lowest BCUT2D eigenvalue weighted by Crippen LogP contribution is -2.13. The maximum Gasteiger partial charge on any atom is 0.288 e. The standard InChI is InChI=1S/C6H5N7O2S/c14-3-2(4(15)9-6(16)8-3)1-7-5-10-12-13-11-5/h1H,(H,10,11,12,13)(H3,8,9,14,15,16). The Balaban J connectivity index is 2.43. The second kappa shape index (κ2) is 4.02. The quantitative estimate of drug-likeness (QED) is 0.408. The number of nitrogens with zero attached hydrogens (tertiary/aromatic N) is 4.